The van der Waals surface area contributed by atoms with Crippen molar-refractivity contribution in [2.24, 2.45) is 0 Å². The Hall–Kier alpha value is -1.09. The van der Waals surface area contributed by atoms with E-state index in [2.05, 4.69) is 34.7 Å². The van der Waals surface area contributed by atoms with E-state index in [4.69, 9.17) is 0 Å². The van der Waals surface area contributed by atoms with Crippen LogP contribution in [0.5, 0.6) is 0 Å². The predicted molar refractivity (Wildman–Crippen MR) is 59.0 cm³/mol. The summed E-state index contributed by atoms with van der Waals surface area (Å²) in [6, 6.07) is 2.07. The first-order chi connectivity index (χ1) is 6.88. The van der Waals surface area contributed by atoms with Crippen LogP contribution in [0.25, 0.3) is 0 Å². The molecule has 0 radical (unpaired) electrons. The molecule has 0 saturated heterocycles. The molecule has 0 aliphatic carbocycles. The summed E-state index contributed by atoms with van der Waals surface area (Å²) >= 11 is 0. The van der Waals surface area contributed by atoms with E-state index in [-0.39, 0.29) is 0 Å². The van der Waals surface area contributed by atoms with E-state index in [1.54, 1.807) is 0 Å². The second-order valence-corrected chi connectivity index (χ2v) is 3.30. The molecule has 1 heterocycles. The molecular weight excluding hydrogens is 174 g/mol. The second kappa shape index (κ2) is 6.38. The molecule has 3 heteroatoms. The van der Waals surface area contributed by atoms with Gasteiger partial charge in [0.15, 0.2) is 0 Å². The highest BCUT2D eigenvalue weighted by Crippen LogP contribution is 1.99. The molecule has 0 bridgehead atoms. The number of hydrogen-bond donors (Lipinski definition) is 1. The molecule has 0 atom stereocenters. The smallest absolute Gasteiger partial charge is 0.0522 e. The third kappa shape index (κ3) is 3.34. The van der Waals surface area contributed by atoms with Crippen LogP contribution in [-0.2, 0) is 13.1 Å². The quantitative estimate of drug-likeness (QED) is 0.530. The monoisotopic (exact) mass is 193 g/mol. The highest BCUT2D eigenvalue weighted by molar-refractivity contribution is 4.99. The first kappa shape index (κ1) is 11.0. The van der Waals surface area contributed by atoms with E-state index in [0.29, 0.717) is 0 Å². The zero-order valence-corrected chi connectivity index (χ0v) is 8.87. The Balaban J connectivity index is 2.33. The van der Waals surface area contributed by atoms with E-state index in [0.717, 1.165) is 32.5 Å². The minimum atomic E-state index is 0.897. The van der Waals surface area contributed by atoms with E-state index in [1.807, 2.05) is 12.3 Å². The maximum Gasteiger partial charge on any atom is 0.0522 e. The molecular formula is C11H19N3. The topological polar surface area (TPSA) is 29.9 Å². The van der Waals surface area contributed by atoms with Gasteiger partial charge in [-0.15, -0.1) is 6.58 Å². The number of nitrogens with one attached hydrogen (secondary N) is 1. The van der Waals surface area contributed by atoms with Gasteiger partial charge in [0, 0.05) is 19.3 Å². The lowest BCUT2D eigenvalue weighted by Crippen LogP contribution is -2.17. The van der Waals surface area contributed by atoms with Crippen LogP contribution in [0.2, 0.25) is 0 Å². The van der Waals surface area contributed by atoms with Gasteiger partial charge in [0.1, 0.15) is 0 Å². The molecule has 14 heavy (non-hydrogen) atoms. The summed E-state index contributed by atoms with van der Waals surface area (Å²) in [4.78, 5) is 0. The van der Waals surface area contributed by atoms with Crippen molar-refractivity contribution >= 4 is 0 Å². The van der Waals surface area contributed by atoms with Crippen molar-refractivity contribution < 1.29 is 0 Å². The highest BCUT2D eigenvalue weighted by Gasteiger charge is 1.99. The van der Waals surface area contributed by atoms with Gasteiger partial charge in [0.25, 0.3) is 0 Å². The van der Waals surface area contributed by atoms with Crippen LogP contribution >= 0.6 is 0 Å². The zero-order valence-electron chi connectivity index (χ0n) is 8.87. The first-order valence-corrected chi connectivity index (χ1v) is 5.20. The van der Waals surface area contributed by atoms with Gasteiger partial charge in [-0.1, -0.05) is 13.0 Å². The Morgan fingerprint density at radius 3 is 3.21 bits per heavy atom. The fourth-order valence-corrected chi connectivity index (χ4v) is 1.34. The van der Waals surface area contributed by atoms with Crippen molar-refractivity contribution in [3.05, 3.63) is 30.6 Å². The molecule has 1 aromatic rings. The lowest BCUT2D eigenvalue weighted by molar-refractivity contribution is 0.551. The van der Waals surface area contributed by atoms with E-state index >= 15 is 0 Å². The van der Waals surface area contributed by atoms with Crippen LogP contribution in [0.1, 0.15) is 25.5 Å². The maximum absolute atomic E-state index is 4.26. The Morgan fingerprint density at radius 1 is 1.64 bits per heavy atom. The Labute approximate surface area is 85.8 Å². The van der Waals surface area contributed by atoms with E-state index in [1.165, 1.54) is 5.69 Å². The molecule has 0 fully saturated rings. The number of aromatic nitrogens is 2. The largest absolute Gasteiger partial charge is 0.311 e. The number of rotatable bonds is 7. The normalized spacial score (nSPS) is 10.4. The molecule has 0 amide bonds. The molecule has 0 aliphatic rings. The second-order valence-electron chi connectivity index (χ2n) is 3.30. The summed E-state index contributed by atoms with van der Waals surface area (Å²) in [5.74, 6) is 0. The first-order valence-electron chi connectivity index (χ1n) is 5.20. The molecule has 0 aromatic carbocycles. The van der Waals surface area contributed by atoms with Gasteiger partial charge < -0.3 is 5.32 Å². The molecule has 0 aliphatic heterocycles. The summed E-state index contributed by atoms with van der Waals surface area (Å²) in [5, 5.41) is 7.62. The third-order valence-electron chi connectivity index (χ3n) is 2.07. The Morgan fingerprint density at radius 2 is 2.50 bits per heavy atom. The van der Waals surface area contributed by atoms with Crippen molar-refractivity contribution in [3.63, 3.8) is 0 Å². The molecule has 3 nitrogen and oxygen atoms in total. The Bertz CT molecular complexity index is 265. The molecule has 1 rings (SSSR count). The average Bonchev–Trinajstić information content (AvgIpc) is 2.61. The SMILES string of the molecule is C=CCCNCc1ccnn1CCC. The molecule has 0 unspecified atom stereocenters. The molecule has 0 spiro atoms. The number of hydrogen-bond acceptors (Lipinski definition) is 2. The minimum absolute atomic E-state index is 0.897. The van der Waals surface area contributed by atoms with Gasteiger partial charge in [0.2, 0.25) is 0 Å². The maximum atomic E-state index is 4.26. The van der Waals surface area contributed by atoms with Crippen molar-refractivity contribution in [2.75, 3.05) is 6.54 Å². The van der Waals surface area contributed by atoms with Gasteiger partial charge in [0.05, 0.1) is 5.69 Å². The molecule has 0 saturated carbocycles. The van der Waals surface area contributed by atoms with Crippen LogP contribution in [0.4, 0.5) is 0 Å². The number of aryl methyl sites for hydroxylation is 1. The molecule has 1 N–H and O–H groups in total. The van der Waals surface area contributed by atoms with E-state index < -0.39 is 0 Å². The van der Waals surface area contributed by atoms with Crippen molar-refractivity contribution in [1.82, 2.24) is 15.1 Å². The summed E-state index contributed by atoms with van der Waals surface area (Å²) in [5.41, 5.74) is 1.26. The van der Waals surface area contributed by atoms with Crippen molar-refractivity contribution in [3.8, 4) is 0 Å². The third-order valence-corrected chi connectivity index (χ3v) is 2.07. The van der Waals surface area contributed by atoms with Crippen LogP contribution < -0.4 is 5.32 Å². The minimum Gasteiger partial charge on any atom is -0.311 e. The lowest BCUT2D eigenvalue weighted by Gasteiger charge is -2.06. The van der Waals surface area contributed by atoms with Crippen molar-refractivity contribution in [2.45, 2.75) is 32.9 Å². The van der Waals surface area contributed by atoms with Crippen LogP contribution in [-0.4, -0.2) is 16.3 Å². The van der Waals surface area contributed by atoms with Crippen molar-refractivity contribution in [1.29, 1.82) is 0 Å². The van der Waals surface area contributed by atoms with Crippen LogP contribution in [0, 0.1) is 0 Å². The standard InChI is InChI=1S/C11H19N3/c1-3-5-7-12-10-11-6-8-13-14(11)9-4-2/h3,6,8,12H,1,4-5,7,9-10H2,2H3. The fourth-order valence-electron chi connectivity index (χ4n) is 1.34. The summed E-state index contributed by atoms with van der Waals surface area (Å²) in [6.07, 6.45) is 5.93. The van der Waals surface area contributed by atoms with Crippen LogP contribution in [0.3, 0.4) is 0 Å². The molecule has 1 aromatic heterocycles. The summed E-state index contributed by atoms with van der Waals surface area (Å²) in [7, 11) is 0. The Kier molecular flexibility index (Phi) is 5.00. The van der Waals surface area contributed by atoms with Gasteiger partial charge in [-0.2, -0.15) is 5.10 Å². The summed E-state index contributed by atoms with van der Waals surface area (Å²) in [6.45, 7) is 8.74. The van der Waals surface area contributed by atoms with Gasteiger partial charge in [-0.3, -0.25) is 4.68 Å². The summed E-state index contributed by atoms with van der Waals surface area (Å²) < 4.78 is 2.06. The van der Waals surface area contributed by atoms with Gasteiger partial charge >= 0.3 is 0 Å². The van der Waals surface area contributed by atoms with Gasteiger partial charge in [-0.05, 0) is 25.5 Å². The average molecular weight is 193 g/mol. The zero-order chi connectivity index (χ0) is 10.2. The molecule has 78 valence electrons. The van der Waals surface area contributed by atoms with E-state index in [9.17, 15) is 0 Å². The number of nitrogens with zero attached hydrogens (tertiary/aromatic N) is 2. The predicted octanol–water partition coefficient (Wildman–Crippen LogP) is 1.96. The van der Waals surface area contributed by atoms with Gasteiger partial charge in [-0.25, -0.2) is 0 Å². The fraction of sp³-hybridized carbons (Fsp3) is 0.545. The highest BCUT2D eigenvalue weighted by atomic mass is 15.3. The van der Waals surface area contributed by atoms with Crippen LogP contribution in [0.15, 0.2) is 24.9 Å². The lowest BCUT2D eigenvalue weighted by atomic mass is 10.3.